The van der Waals surface area contributed by atoms with E-state index in [2.05, 4.69) is 0 Å². The second-order valence-electron chi connectivity index (χ2n) is 1.71. The molecule has 0 aliphatic heterocycles. The molecule has 0 heterocycles. The van der Waals surface area contributed by atoms with Crippen LogP contribution in [-0.2, 0) is 10.1 Å². The Labute approximate surface area is 56.2 Å². The highest BCUT2D eigenvalue weighted by Crippen LogP contribution is 2.24. The molecule has 0 bridgehead atoms. The molecule has 62 valence electrons. The number of hydrogen-bond donors (Lipinski definition) is 2. The van der Waals surface area contributed by atoms with E-state index in [-0.39, 0.29) is 0 Å². The first-order valence-corrected chi connectivity index (χ1v) is 3.66. The van der Waals surface area contributed by atoms with Gasteiger partial charge in [-0.1, -0.05) is 0 Å². The Hall–Kier alpha value is -0.270. The predicted octanol–water partition coefficient (Wildman–Crippen LogP) is -0.152. The molecule has 0 aromatic heterocycles. The van der Waals surface area contributed by atoms with Gasteiger partial charge in [0.2, 0.25) is 0 Å². The third-order valence-electron chi connectivity index (χ3n) is 0.830. The normalized spacial score (nSPS) is 16.9. The van der Waals surface area contributed by atoms with Crippen LogP contribution in [-0.4, -0.2) is 29.4 Å². The van der Waals surface area contributed by atoms with Gasteiger partial charge in [0.25, 0.3) is 0 Å². The molecule has 0 radical (unpaired) electrons. The molecule has 0 saturated heterocycles. The van der Waals surface area contributed by atoms with Crippen LogP contribution in [0.4, 0.5) is 8.78 Å². The van der Waals surface area contributed by atoms with E-state index in [0.717, 1.165) is 0 Å². The van der Waals surface area contributed by atoms with Crippen LogP contribution in [0.5, 0.6) is 0 Å². The number of alkyl halides is 2. The quantitative estimate of drug-likeness (QED) is 0.573. The molecule has 1 atom stereocenters. The maximum absolute atomic E-state index is 12.0. The smallest absolute Gasteiger partial charge is 0.386 e. The van der Waals surface area contributed by atoms with Crippen LogP contribution in [0.3, 0.4) is 0 Å². The van der Waals surface area contributed by atoms with Crippen molar-refractivity contribution < 1.29 is 26.9 Å². The van der Waals surface area contributed by atoms with Gasteiger partial charge in [0.15, 0.2) is 0 Å². The second-order valence-corrected chi connectivity index (χ2v) is 3.21. The highest BCUT2D eigenvalue weighted by molar-refractivity contribution is 7.86. The molecule has 0 spiro atoms. The van der Waals surface area contributed by atoms with E-state index in [1.807, 2.05) is 0 Å². The number of halogens is 2. The van der Waals surface area contributed by atoms with Gasteiger partial charge in [-0.15, -0.1) is 0 Å². The zero-order valence-electron chi connectivity index (χ0n) is 4.95. The summed E-state index contributed by atoms with van der Waals surface area (Å²) >= 11 is 0. The van der Waals surface area contributed by atoms with Gasteiger partial charge in [-0.05, 0) is 6.92 Å². The Morgan fingerprint density at radius 3 is 1.80 bits per heavy atom. The molecule has 0 aliphatic rings. The molecule has 1 unspecified atom stereocenters. The fraction of sp³-hybridized carbons (Fsp3) is 1.00. The van der Waals surface area contributed by atoms with Crippen LogP contribution in [0.2, 0.25) is 0 Å². The summed E-state index contributed by atoms with van der Waals surface area (Å²) in [5.74, 6) is 0. The average Bonchev–Trinajstić information content (AvgIpc) is 1.62. The minimum atomic E-state index is -5.48. The minimum absolute atomic E-state index is 0.563. The summed E-state index contributed by atoms with van der Waals surface area (Å²) in [4.78, 5) is 0. The van der Waals surface area contributed by atoms with Gasteiger partial charge in [0.1, 0.15) is 6.10 Å². The number of hydrogen-bond acceptors (Lipinski definition) is 3. The van der Waals surface area contributed by atoms with Crippen LogP contribution in [0.15, 0.2) is 0 Å². The van der Waals surface area contributed by atoms with E-state index in [1.165, 1.54) is 0 Å². The van der Waals surface area contributed by atoms with Crippen LogP contribution in [0.25, 0.3) is 0 Å². The van der Waals surface area contributed by atoms with Crippen LogP contribution >= 0.6 is 0 Å². The lowest BCUT2D eigenvalue weighted by molar-refractivity contribution is -0.0369. The third kappa shape index (κ3) is 1.61. The zero-order chi connectivity index (χ0) is 8.58. The number of aliphatic hydroxyl groups excluding tert-OH is 1. The first-order valence-electron chi connectivity index (χ1n) is 2.22. The van der Waals surface area contributed by atoms with Crippen molar-refractivity contribution in [1.82, 2.24) is 0 Å². The molecule has 0 aliphatic carbocycles. The fourth-order valence-corrected chi connectivity index (χ4v) is 0.647. The van der Waals surface area contributed by atoms with E-state index in [9.17, 15) is 17.2 Å². The van der Waals surface area contributed by atoms with E-state index < -0.39 is 21.5 Å². The summed E-state index contributed by atoms with van der Waals surface area (Å²) < 4.78 is 51.2. The Kier molecular flexibility index (Phi) is 2.34. The standard InChI is InChI=1S/C3H6F2O4S/c1-2(6)3(4,5)10(7,8)9/h2,6H,1H3,(H,7,8,9). The highest BCUT2D eigenvalue weighted by Gasteiger charge is 2.48. The van der Waals surface area contributed by atoms with Crippen LogP contribution in [0.1, 0.15) is 6.92 Å². The predicted molar refractivity (Wildman–Crippen MR) is 28.2 cm³/mol. The molecule has 2 N–H and O–H groups in total. The summed E-state index contributed by atoms with van der Waals surface area (Å²) in [5, 5.41) is 3.65. The molecule has 0 fully saturated rings. The second kappa shape index (κ2) is 2.40. The van der Waals surface area contributed by atoms with Gasteiger partial charge >= 0.3 is 15.4 Å². The third-order valence-corrected chi connectivity index (χ3v) is 1.86. The van der Waals surface area contributed by atoms with Gasteiger partial charge in [0, 0.05) is 0 Å². The van der Waals surface area contributed by atoms with Crippen molar-refractivity contribution in [2.75, 3.05) is 0 Å². The van der Waals surface area contributed by atoms with Crippen LogP contribution in [0, 0.1) is 0 Å². The van der Waals surface area contributed by atoms with Crippen molar-refractivity contribution in [2.24, 2.45) is 0 Å². The van der Waals surface area contributed by atoms with Gasteiger partial charge in [0.05, 0.1) is 0 Å². The molecule has 10 heavy (non-hydrogen) atoms. The Morgan fingerprint density at radius 1 is 1.50 bits per heavy atom. The Morgan fingerprint density at radius 2 is 1.80 bits per heavy atom. The average molecular weight is 176 g/mol. The first-order chi connectivity index (χ1) is 4.19. The van der Waals surface area contributed by atoms with Crippen molar-refractivity contribution in [3.8, 4) is 0 Å². The molecular formula is C3H6F2O4S. The van der Waals surface area contributed by atoms with Crippen molar-refractivity contribution in [3.63, 3.8) is 0 Å². The molecule has 4 nitrogen and oxygen atoms in total. The van der Waals surface area contributed by atoms with E-state index in [1.54, 1.807) is 0 Å². The lowest BCUT2D eigenvalue weighted by Gasteiger charge is -2.14. The number of rotatable bonds is 2. The molecule has 0 aromatic rings. The summed E-state index contributed by atoms with van der Waals surface area (Å²) in [5.41, 5.74) is 0. The fourth-order valence-electron chi connectivity index (χ4n) is 0.216. The summed E-state index contributed by atoms with van der Waals surface area (Å²) in [7, 11) is -5.48. The van der Waals surface area contributed by atoms with Crippen molar-refractivity contribution >= 4 is 10.1 Å². The largest absolute Gasteiger partial charge is 0.394 e. The Bertz CT molecular complexity index is 207. The van der Waals surface area contributed by atoms with Crippen molar-refractivity contribution in [3.05, 3.63) is 0 Å². The highest BCUT2D eigenvalue weighted by atomic mass is 32.2. The Balaban J connectivity index is 4.76. The van der Waals surface area contributed by atoms with E-state index >= 15 is 0 Å². The van der Waals surface area contributed by atoms with Gasteiger partial charge in [-0.3, -0.25) is 4.55 Å². The maximum atomic E-state index is 12.0. The van der Waals surface area contributed by atoms with Crippen LogP contribution < -0.4 is 0 Å². The van der Waals surface area contributed by atoms with Gasteiger partial charge < -0.3 is 5.11 Å². The zero-order valence-corrected chi connectivity index (χ0v) is 5.77. The van der Waals surface area contributed by atoms with Gasteiger partial charge in [-0.25, -0.2) is 0 Å². The van der Waals surface area contributed by atoms with Gasteiger partial charge in [-0.2, -0.15) is 17.2 Å². The maximum Gasteiger partial charge on any atom is 0.394 e. The van der Waals surface area contributed by atoms with Crippen molar-refractivity contribution in [2.45, 2.75) is 18.3 Å². The minimum Gasteiger partial charge on any atom is -0.386 e. The molecule has 0 aromatic carbocycles. The van der Waals surface area contributed by atoms with E-state index in [0.29, 0.717) is 6.92 Å². The topological polar surface area (TPSA) is 74.6 Å². The summed E-state index contributed by atoms with van der Waals surface area (Å²) in [6.07, 6.45) is -2.41. The monoisotopic (exact) mass is 176 g/mol. The lowest BCUT2D eigenvalue weighted by Crippen LogP contribution is -2.38. The summed E-state index contributed by atoms with van der Waals surface area (Å²) in [6, 6.07) is 0. The van der Waals surface area contributed by atoms with E-state index in [4.69, 9.17) is 9.66 Å². The first kappa shape index (κ1) is 9.73. The number of aliphatic hydroxyl groups is 1. The lowest BCUT2D eigenvalue weighted by atomic mass is 10.4. The molecular weight excluding hydrogens is 170 g/mol. The van der Waals surface area contributed by atoms with Crippen molar-refractivity contribution in [1.29, 1.82) is 0 Å². The molecule has 0 rings (SSSR count). The molecule has 0 amide bonds. The summed E-state index contributed by atoms with van der Waals surface area (Å²) in [6.45, 7) is 0.563. The molecule has 7 heteroatoms. The SMILES string of the molecule is CC(O)C(F)(F)S(=O)(=O)O. The molecule has 0 saturated carbocycles.